The van der Waals surface area contributed by atoms with Crippen LogP contribution in [0.2, 0.25) is 0 Å². The van der Waals surface area contributed by atoms with Gasteiger partial charge in [-0.15, -0.1) is 0 Å². The van der Waals surface area contributed by atoms with Gasteiger partial charge in [-0.25, -0.2) is 0 Å². The molecule has 0 aromatic rings. The molecular formula is C9H19NO5. The third-order valence-corrected chi connectivity index (χ3v) is 1.68. The van der Waals surface area contributed by atoms with Gasteiger partial charge in [-0.05, 0) is 6.42 Å². The number of nitrogens with two attached hydrogens (primary N) is 1. The van der Waals surface area contributed by atoms with Crippen molar-refractivity contribution in [2.75, 3.05) is 40.8 Å². The third-order valence-electron chi connectivity index (χ3n) is 1.68. The number of carbonyl (C=O) groups is 1. The molecule has 0 aromatic heterocycles. The van der Waals surface area contributed by atoms with Gasteiger partial charge in [0, 0.05) is 7.11 Å². The van der Waals surface area contributed by atoms with Crippen molar-refractivity contribution >= 4 is 5.97 Å². The molecule has 0 unspecified atom stereocenters. The van der Waals surface area contributed by atoms with Gasteiger partial charge in [0.25, 0.3) is 0 Å². The second kappa shape index (κ2) is 9.85. The quantitative estimate of drug-likeness (QED) is 0.321. The number of carbonyl (C=O) groups excluding carboxylic acids is 1. The van der Waals surface area contributed by atoms with Gasteiger partial charge in [-0.3, -0.25) is 4.79 Å². The molecule has 0 saturated carbocycles. The lowest BCUT2D eigenvalue weighted by molar-refractivity contribution is -0.143. The summed E-state index contributed by atoms with van der Waals surface area (Å²) >= 11 is 0. The lowest BCUT2D eigenvalue weighted by atomic mass is 10.2. The molecule has 6 heteroatoms. The van der Waals surface area contributed by atoms with E-state index < -0.39 is 12.0 Å². The van der Waals surface area contributed by atoms with Gasteiger partial charge in [0.15, 0.2) is 0 Å². The van der Waals surface area contributed by atoms with Crippen LogP contribution in [0.15, 0.2) is 0 Å². The maximum absolute atomic E-state index is 10.9. The van der Waals surface area contributed by atoms with Crippen LogP contribution in [0.1, 0.15) is 6.42 Å². The minimum atomic E-state index is -0.631. The van der Waals surface area contributed by atoms with Crippen molar-refractivity contribution in [1.29, 1.82) is 0 Å². The average molecular weight is 221 g/mol. The van der Waals surface area contributed by atoms with Crippen molar-refractivity contribution in [3.05, 3.63) is 0 Å². The molecule has 0 aromatic carbocycles. The minimum Gasteiger partial charge on any atom is -0.468 e. The second-order valence-electron chi connectivity index (χ2n) is 2.85. The second-order valence-corrected chi connectivity index (χ2v) is 2.85. The summed E-state index contributed by atoms with van der Waals surface area (Å²) in [4.78, 5) is 10.9. The Balaban J connectivity index is 3.20. The van der Waals surface area contributed by atoms with E-state index in [2.05, 4.69) is 4.74 Å². The zero-order valence-electron chi connectivity index (χ0n) is 9.23. The van der Waals surface area contributed by atoms with E-state index in [1.54, 1.807) is 7.11 Å². The van der Waals surface area contributed by atoms with Gasteiger partial charge in [0.2, 0.25) is 0 Å². The molecule has 0 saturated heterocycles. The molecule has 90 valence electrons. The number of ether oxygens (including phenoxy) is 4. The first-order valence-corrected chi connectivity index (χ1v) is 4.70. The van der Waals surface area contributed by atoms with Gasteiger partial charge in [-0.1, -0.05) is 0 Å². The third kappa shape index (κ3) is 8.31. The Bertz CT molecular complexity index is 165. The van der Waals surface area contributed by atoms with Gasteiger partial charge in [0.05, 0.1) is 26.9 Å². The van der Waals surface area contributed by atoms with Crippen molar-refractivity contribution in [2.24, 2.45) is 5.73 Å². The van der Waals surface area contributed by atoms with E-state index in [0.29, 0.717) is 26.2 Å². The lowest BCUT2D eigenvalue weighted by Crippen LogP contribution is -2.32. The minimum absolute atomic E-state index is 0.178. The van der Waals surface area contributed by atoms with Crippen molar-refractivity contribution < 1.29 is 23.7 Å². The Morgan fingerprint density at radius 1 is 1.20 bits per heavy atom. The van der Waals surface area contributed by atoms with Crippen molar-refractivity contribution in [3.63, 3.8) is 0 Å². The van der Waals surface area contributed by atoms with E-state index in [1.807, 2.05) is 0 Å². The Labute approximate surface area is 89.6 Å². The highest BCUT2D eigenvalue weighted by Crippen LogP contribution is 1.92. The van der Waals surface area contributed by atoms with Crippen LogP contribution in [-0.4, -0.2) is 52.8 Å². The van der Waals surface area contributed by atoms with Gasteiger partial charge in [-0.2, -0.15) is 0 Å². The zero-order chi connectivity index (χ0) is 11.5. The summed E-state index contributed by atoms with van der Waals surface area (Å²) in [7, 11) is 2.90. The molecule has 0 aliphatic heterocycles. The number of methoxy groups -OCH3 is 2. The molecule has 6 nitrogen and oxygen atoms in total. The fourth-order valence-electron chi connectivity index (χ4n) is 0.799. The summed E-state index contributed by atoms with van der Waals surface area (Å²) in [6.45, 7) is 1.56. The van der Waals surface area contributed by atoms with Crippen LogP contribution in [0, 0.1) is 0 Å². The number of rotatable bonds is 9. The molecule has 0 amide bonds. The molecule has 2 N–H and O–H groups in total. The van der Waals surface area contributed by atoms with Crippen molar-refractivity contribution in [2.45, 2.75) is 12.5 Å². The highest BCUT2D eigenvalue weighted by atomic mass is 16.7. The van der Waals surface area contributed by atoms with E-state index in [4.69, 9.17) is 19.9 Å². The summed E-state index contributed by atoms with van der Waals surface area (Å²) in [6.07, 6.45) is 0.417. The standard InChI is InChI=1S/C9H19NO5/c1-12-5-6-15-7-14-4-3-8(10)9(11)13-2/h8H,3-7,10H2,1-2H3/t8-/m1/s1. The smallest absolute Gasteiger partial charge is 0.322 e. The molecule has 0 rings (SSSR count). The maximum atomic E-state index is 10.9. The first-order chi connectivity index (χ1) is 7.22. The molecule has 0 spiro atoms. The topological polar surface area (TPSA) is 80.0 Å². The Kier molecular flexibility index (Phi) is 9.40. The average Bonchev–Trinajstić information content (AvgIpc) is 2.26. The summed E-state index contributed by atoms with van der Waals surface area (Å²) in [5, 5.41) is 0. The Morgan fingerprint density at radius 2 is 1.87 bits per heavy atom. The number of esters is 1. The Morgan fingerprint density at radius 3 is 2.47 bits per heavy atom. The van der Waals surface area contributed by atoms with Crippen LogP contribution in [0.5, 0.6) is 0 Å². The summed E-state index contributed by atoms with van der Waals surface area (Å²) in [5.74, 6) is -0.432. The SMILES string of the molecule is COCCOCOCC[C@@H](N)C(=O)OC. The van der Waals surface area contributed by atoms with E-state index in [0.717, 1.165) is 0 Å². The molecule has 0 heterocycles. The molecule has 0 bridgehead atoms. The molecule has 0 aliphatic rings. The highest BCUT2D eigenvalue weighted by molar-refractivity contribution is 5.75. The van der Waals surface area contributed by atoms with Crippen LogP contribution in [0.4, 0.5) is 0 Å². The lowest BCUT2D eigenvalue weighted by Gasteiger charge is -2.09. The van der Waals surface area contributed by atoms with E-state index in [-0.39, 0.29) is 6.79 Å². The van der Waals surface area contributed by atoms with Crippen LogP contribution in [0.3, 0.4) is 0 Å². The molecular weight excluding hydrogens is 202 g/mol. The van der Waals surface area contributed by atoms with Gasteiger partial charge >= 0.3 is 5.97 Å². The van der Waals surface area contributed by atoms with E-state index in [1.165, 1.54) is 7.11 Å². The van der Waals surface area contributed by atoms with Crippen LogP contribution in [0.25, 0.3) is 0 Å². The highest BCUT2D eigenvalue weighted by Gasteiger charge is 2.12. The van der Waals surface area contributed by atoms with Gasteiger partial charge < -0.3 is 24.7 Å². The number of hydrogen-bond acceptors (Lipinski definition) is 6. The fourth-order valence-corrected chi connectivity index (χ4v) is 0.799. The fraction of sp³-hybridized carbons (Fsp3) is 0.889. The molecule has 0 radical (unpaired) electrons. The van der Waals surface area contributed by atoms with Crippen molar-refractivity contribution in [1.82, 2.24) is 0 Å². The molecule has 0 fully saturated rings. The van der Waals surface area contributed by atoms with Crippen LogP contribution >= 0.6 is 0 Å². The maximum Gasteiger partial charge on any atom is 0.322 e. The largest absolute Gasteiger partial charge is 0.468 e. The van der Waals surface area contributed by atoms with E-state index >= 15 is 0 Å². The van der Waals surface area contributed by atoms with Crippen LogP contribution < -0.4 is 5.73 Å². The van der Waals surface area contributed by atoms with Gasteiger partial charge in [0.1, 0.15) is 12.8 Å². The summed E-state index contributed by atoms with van der Waals surface area (Å²) in [5.41, 5.74) is 5.47. The zero-order valence-corrected chi connectivity index (χ0v) is 9.23. The molecule has 0 aliphatic carbocycles. The monoisotopic (exact) mass is 221 g/mol. The number of hydrogen-bond donors (Lipinski definition) is 1. The normalized spacial score (nSPS) is 12.5. The summed E-state index contributed by atoms with van der Waals surface area (Å²) < 4.78 is 19.3. The molecule has 1 atom stereocenters. The Hall–Kier alpha value is -0.690. The predicted octanol–water partition coefficient (Wildman–Crippen LogP) is -0.486. The first-order valence-electron chi connectivity index (χ1n) is 4.70. The van der Waals surface area contributed by atoms with E-state index in [9.17, 15) is 4.79 Å². The summed E-state index contributed by atoms with van der Waals surface area (Å²) in [6, 6.07) is -0.631. The van der Waals surface area contributed by atoms with Crippen LogP contribution in [-0.2, 0) is 23.7 Å². The predicted molar refractivity (Wildman–Crippen MR) is 53.3 cm³/mol. The van der Waals surface area contributed by atoms with Crippen molar-refractivity contribution in [3.8, 4) is 0 Å². The molecule has 15 heavy (non-hydrogen) atoms. The first kappa shape index (κ1) is 14.3.